The summed E-state index contributed by atoms with van der Waals surface area (Å²) >= 11 is 11.4. The van der Waals surface area contributed by atoms with Crippen molar-refractivity contribution in [3.63, 3.8) is 0 Å². The average Bonchev–Trinajstić information content (AvgIpc) is 2.20. The minimum Gasteiger partial charge on any atom is -0.506 e. The van der Waals surface area contributed by atoms with Crippen LogP contribution in [0, 0.1) is 0 Å². The Morgan fingerprint density at radius 3 is 2.12 bits per heavy atom. The first-order valence-corrected chi connectivity index (χ1v) is 4.89. The van der Waals surface area contributed by atoms with Crippen LogP contribution in [-0.4, -0.2) is 22.2 Å². The van der Waals surface area contributed by atoms with Gasteiger partial charge in [0.2, 0.25) is 0 Å². The molecule has 1 rings (SSSR count). The van der Waals surface area contributed by atoms with Gasteiger partial charge >= 0.3 is 6.03 Å². The van der Waals surface area contributed by atoms with E-state index in [0.717, 1.165) is 6.07 Å². The fourth-order valence-corrected chi connectivity index (χ4v) is 1.41. The van der Waals surface area contributed by atoms with E-state index in [9.17, 15) is 15.0 Å². The summed E-state index contributed by atoms with van der Waals surface area (Å²) in [5, 5.41) is 20.3. The van der Waals surface area contributed by atoms with Gasteiger partial charge in [0.05, 0.1) is 5.69 Å². The van der Waals surface area contributed by atoms with Crippen molar-refractivity contribution in [2.24, 2.45) is 16.5 Å². The summed E-state index contributed by atoms with van der Waals surface area (Å²) in [6, 6.07) is -0.0141. The second-order valence-corrected chi connectivity index (χ2v) is 3.64. The first-order valence-electron chi connectivity index (χ1n) is 4.13. The molecular formula is C8H8Cl2N4O3. The Bertz CT molecular complexity index is 474. The molecule has 92 valence electrons. The molecule has 0 unspecified atom stereocenters. The van der Waals surface area contributed by atoms with Crippen LogP contribution < -0.4 is 16.8 Å². The number of hydrogen-bond acceptors (Lipinski definition) is 3. The molecular weight excluding hydrogens is 271 g/mol. The summed E-state index contributed by atoms with van der Waals surface area (Å²) in [6.07, 6.45) is 0. The van der Waals surface area contributed by atoms with Crippen LogP contribution in [0.3, 0.4) is 0 Å². The Hall–Kier alpha value is -1.86. The predicted octanol–water partition coefficient (Wildman–Crippen LogP) is 1.21. The van der Waals surface area contributed by atoms with Gasteiger partial charge in [0.25, 0.3) is 0 Å². The van der Waals surface area contributed by atoms with Gasteiger partial charge in [-0.15, -0.1) is 0 Å². The largest absolute Gasteiger partial charge is 0.506 e. The van der Waals surface area contributed by atoms with Gasteiger partial charge in [0.15, 0.2) is 5.96 Å². The smallest absolute Gasteiger partial charge is 0.348 e. The first-order chi connectivity index (χ1) is 7.82. The van der Waals surface area contributed by atoms with E-state index in [1.165, 1.54) is 0 Å². The standard InChI is InChI=1S/C8H8Cl2N4O3/c9-4-2(15)1-3(16)5(10)6(4)13-8(17)14-7(11)12/h1,15-16H,(H5,11,12,13,14,17). The molecule has 1 aromatic carbocycles. The summed E-state index contributed by atoms with van der Waals surface area (Å²) in [6.45, 7) is 0. The zero-order valence-corrected chi connectivity index (χ0v) is 9.75. The molecule has 0 heterocycles. The average molecular weight is 279 g/mol. The van der Waals surface area contributed by atoms with Crippen LogP contribution in [0.15, 0.2) is 11.1 Å². The number of carbonyl (C=O) groups excluding carboxylic acids is 1. The Kier molecular flexibility index (Phi) is 3.87. The quantitative estimate of drug-likeness (QED) is 0.389. The SMILES string of the molecule is NC(N)=NC(=O)Nc1c(Cl)c(O)cc(O)c1Cl. The van der Waals surface area contributed by atoms with Gasteiger partial charge in [-0.05, 0) is 0 Å². The lowest BCUT2D eigenvalue weighted by Crippen LogP contribution is -2.25. The van der Waals surface area contributed by atoms with Crippen LogP contribution >= 0.6 is 23.2 Å². The monoisotopic (exact) mass is 278 g/mol. The molecule has 17 heavy (non-hydrogen) atoms. The topological polar surface area (TPSA) is 134 Å². The van der Waals surface area contributed by atoms with Crippen molar-refractivity contribution < 1.29 is 15.0 Å². The van der Waals surface area contributed by atoms with Crippen molar-refractivity contribution in [1.29, 1.82) is 0 Å². The highest BCUT2D eigenvalue weighted by Crippen LogP contribution is 2.42. The summed E-state index contributed by atoms with van der Waals surface area (Å²) in [4.78, 5) is 14.4. The number of nitrogens with one attached hydrogen (secondary N) is 1. The maximum Gasteiger partial charge on any atom is 0.348 e. The lowest BCUT2D eigenvalue weighted by molar-refractivity contribution is 0.259. The van der Waals surface area contributed by atoms with E-state index in [1.807, 2.05) is 0 Å². The van der Waals surface area contributed by atoms with E-state index in [4.69, 9.17) is 34.7 Å². The minimum absolute atomic E-state index is 0.194. The van der Waals surface area contributed by atoms with Crippen molar-refractivity contribution in [3.05, 3.63) is 16.1 Å². The molecule has 0 aliphatic heterocycles. The van der Waals surface area contributed by atoms with Crippen molar-refractivity contribution >= 4 is 40.9 Å². The normalized spacial score (nSPS) is 9.76. The highest BCUT2D eigenvalue weighted by atomic mass is 35.5. The number of rotatable bonds is 1. The molecule has 7 N–H and O–H groups in total. The third-order valence-corrected chi connectivity index (χ3v) is 2.39. The Morgan fingerprint density at radius 1 is 1.24 bits per heavy atom. The molecule has 1 aromatic rings. The Balaban J connectivity index is 3.15. The summed E-state index contributed by atoms with van der Waals surface area (Å²) in [7, 11) is 0. The third kappa shape index (κ3) is 3.05. The second-order valence-electron chi connectivity index (χ2n) is 2.88. The second kappa shape index (κ2) is 4.98. The number of phenolic OH excluding ortho intramolecular Hbond substituents is 2. The van der Waals surface area contributed by atoms with Crippen LogP contribution in [0.5, 0.6) is 11.5 Å². The van der Waals surface area contributed by atoms with Crippen LogP contribution in [0.4, 0.5) is 10.5 Å². The van der Waals surface area contributed by atoms with Gasteiger partial charge in [-0.25, -0.2) is 4.79 Å². The molecule has 0 bridgehead atoms. The lowest BCUT2D eigenvalue weighted by atomic mass is 10.2. The van der Waals surface area contributed by atoms with E-state index < -0.39 is 23.5 Å². The van der Waals surface area contributed by atoms with E-state index >= 15 is 0 Å². The number of nitrogens with two attached hydrogens (primary N) is 2. The molecule has 0 aliphatic rings. The van der Waals surface area contributed by atoms with Gasteiger partial charge in [0.1, 0.15) is 21.5 Å². The number of aromatic hydroxyl groups is 2. The summed E-state index contributed by atoms with van der Waals surface area (Å²) in [5.41, 5.74) is 9.78. The number of amides is 2. The molecule has 0 saturated carbocycles. The fourth-order valence-electron chi connectivity index (χ4n) is 0.971. The van der Waals surface area contributed by atoms with Gasteiger partial charge in [0, 0.05) is 6.07 Å². The maximum atomic E-state index is 11.2. The number of phenols is 2. The highest BCUT2D eigenvalue weighted by molar-refractivity contribution is 6.41. The number of benzene rings is 1. The van der Waals surface area contributed by atoms with E-state index in [2.05, 4.69) is 10.3 Å². The number of guanidine groups is 1. The number of hydrogen-bond donors (Lipinski definition) is 5. The van der Waals surface area contributed by atoms with Gasteiger partial charge in [-0.3, -0.25) is 0 Å². The van der Waals surface area contributed by atoms with E-state index in [1.54, 1.807) is 0 Å². The fraction of sp³-hybridized carbons (Fsp3) is 0. The van der Waals surface area contributed by atoms with Crippen LogP contribution in [0.1, 0.15) is 0 Å². The first kappa shape index (κ1) is 13.2. The van der Waals surface area contributed by atoms with Crippen LogP contribution in [-0.2, 0) is 0 Å². The lowest BCUT2D eigenvalue weighted by Gasteiger charge is -2.09. The minimum atomic E-state index is -0.946. The number of aliphatic imine (C=N–C) groups is 1. The zero-order valence-electron chi connectivity index (χ0n) is 8.24. The van der Waals surface area contributed by atoms with E-state index in [-0.39, 0.29) is 15.7 Å². The molecule has 2 amide bonds. The number of carbonyl (C=O) groups is 1. The van der Waals surface area contributed by atoms with Gasteiger partial charge < -0.3 is 27.0 Å². The van der Waals surface area contributed by atoms with Crippen molar-refractivity contribution in [3.8, 4) is 11.5 Å². The summed E-state index contributed by atoms with van der Waals surface area (Å²) in [5.74, 6) is -1.36. The van der Waals surface area contributed by atoms with Crippen LogP contribution in [0.2, 0.25) is 10.0 Å². The number of halogens is 2. The van der Waals surface area contributed by atoms with Crippen molar-refractivity contribution in [2.75, 3.05) is 5.32 Å². The van der Waals surface area contributed by atoms with Crippen molar-refractivity contribution in [1.82, 2.24) is 0 Å². The number of urea groups is 1. The Labute approximate surface area is 106 Å². The Morgan fingerprint density at radius 2 is 1.71 bits per heavy atom. The molecule has 0 spiro atoms. The van der Waals surface area contributed by atoms with Gasteiger partial charge in [-0.2, -0.15) is 4.99 Å². The molecule has 0 radical (unpaired) electrons. The molecule has 9 heteroatoms. The molecule has 0 aliphatic carbocycles. The zero-order chi connectivity index (χ0) is 13.2. The maximum absolute atomic E-state index is 11.2. The van der Waals surface area contributed by atoms with E-state index in [0.29, 0.717) is 0 Å². The molecule has 0 fully saturated rings. The number of anilines is 1. The third-order valence-electron chi connectivity index (χ3n) is 1.62. The molecule has 0 aromatic heterocycles. The van der Waals surface area contributed by atoms with Crippen molar-refractivity contribution in [2.45, 2.75) is 0 Å². The molecule has 0 saturated heterocycles. The molecule has 7 nitrogen and oxygen atoms in total. The van der Waals surface area contributed by atoms with Gasteiger partial charge in [-0.1, -0.05) is 23.2 Å². The molecule has 0 atom stereocenters. The number of nitrogens with zero attached hydrogens (tertiary/aromatic N) is 1. The highest BCUT2D eigenvalue weighted by Gasteiger charge is 2.17. The summed E-state index contributed by atoms with van der Waals surface area (Å²) < 4.78 is 0. The predicted molar refractivity (Wildman–Crippen MR) is 64.6 cm³/mol. The van der Waals surface area contributed by atoms with Crippen LogP contribution in [0.25, 0.3) is 0 Å².